The number of anilines is 1. The Morgan fingerprint density at radius 2 is 1.52 bits per heavy atom. The number of benzene rings is 3. The molecule has 7 nitrogen and oxygen atoms in total. The molecule has 0 saturated carbocycles. The van der Waals surface area contributed by atoms with Crippen molar-refractivity contribution >= 4 is 23.5 Å². The minimum atomic E-state index is -0.272. The lowest BCUT2D eigenvalue weighted by atomic mass is 10.1. The first-order chi connectivity index (χ1) is 16.1. The molecule has 0 aromatic heterocycles. The van der Waals surface area contributed by atoms with Crippen molar-refractivity contribution in [1.82, 2.24) is 0 Å². The minimum absolute atomic E-state index is 0.272. The molecule has 0 spiro atoms. The summed E-state index contributed by atoms with van der Waals surface area (Å²) in [6.45, 7) is 0. The first kappa shape index (κ1) is 22.0. The summed E-state index contributed by atoms with van der Waals surface area (Å²) in [7, 11) is 6.31. The SMILES string of the molecule is COc1cccc(C2=N/C(=C\c3ccccc3OC)C(=O)N2c2ccc(OC)c(OC)c2)c1. The van der Waals surface area contributed by atoms with Gasteiger partial charge in [0.05, 0.1) is 34.1 Å². The van der Waals surface area contributed by atoms with Gasteiger partial charge in [-0.3, -0.25) is 9.69 Å². The maximum atomic E-state index is 13.6. The third kappa shape index (κ3) is 4.25. The highest BCUT2D eigenvalue weighted by Gasteiger charge is 2.33. The van der Waals surface area contributed by atoms with Crippen molar-refractivity contribution in [3.05, 3.63) is 83.6 Å². The predicted molar refractivity (Wildman–Crippen MR) is 128 cm³/mol. The maximum absolute atomic E-state index is 13.6. The van der Waals surface area contributed by atoms with Gasteiger partial charge in [-0.15, -0.1) is 0 Å². The number of amidine groups is 1. The molecule has 0 unspecified atom stereocenters. The minimum Gasteiger partial charge on any atom is -0.497 e. The average Bonchev–Trinajstić information content (AvgIpc) is 3.19. The fraction of sp³-hybridized carbons (Fsp3) is 0.154. The summed E-state index contributed by atoms with van der Waals surface area (Å²) < 4.78 is 21.6. The van der Waals surface area contributed by atoms with E-state index in [2.05, 4.69) is 0 Å². The van der Waals surface area contributed by atoms with Crippen molar-refractivity contribution in [3.63, 3.8) is 0 Å². The third-order valence-corrected chi connectivity index (χ3v) is 5.24. The maximum Gasteiger partial charge on any atom is 0.282 e. The Bertz CT molecular complexity index is 1250. The summed E-state index contributed by atoms with van der Waals surface area (Å²) in [6, 6.07) is 20.2. The van der Waals surface area contributed by atoms with Crippen LogP contribution >= 0.6 is 0 Å². The topological polar surface area (TPSA) is 69.6 Å². The molecule has 1 aliphatic rings. The second-order valence-electron chi connectivity index (χ2n) is 7.12. The highest BCUT2D eigenvalue weighted by molar-refractivity contribution is 6.33. The summed E-state index contributed by atoms with van der Waals surface area (Å²) in [5.41, 5.74) is 2.38. The molecule has 1 amide bonds. The molecule has 168 valence electrons. The van der Waals surface area contributed by atoms with E-state index in [-0.39, 0.29) is 11.6 Å². The molecule has 7 heteroatoms. The molecule has 0 saturated heterocycles. The zero-order valence-corrected chi connectivity index (χ0v) is 18.9. The number of para-hydroxylation sites is 1. The zero-order valence-electron chi connectivity index (χ0n) is 18.9. The molecule has 0 atom stereocenters. The molecule has 3 aromatic carbocycles. The summed E-state index contributed by atoms with van der Waals surface area (Å²) in [4.78, 5) is 19.9. The van der Waals surface area contributed by atoms with E-state index >= 15 is 0 Å². The van der Waals surface area contributed by atoms with Crippen molar-refractivity contribution in [3.8, 4) is 23.0 Å². The second kappa shape index (κ2) is 9.48. The van der Waals surface area contributed by atoms with Crippen molar-refractivity contribution in [2.75, 3.05) is 33.3 Å². The lowest BCUT2D eigenvalue weighted by Crippen LogP contribution is -2.32. The normalized spacial score (nSPS) is 14.3. The molecule has 0 N–H and O–H groups in total. The highest BCUT2D eigenvalue weighted by atomic mass is 16.5. The molecule has 33 heavy (non-hydrogen) atoms. The van der Waals surface area contributed by atoms with Gasteiger partial charge in [-0.1, -0.05) is 30.3 Å². The van der Waals surface area contributed by atoms with Gasteiger partial charge < -0.3 is 18.9 Å². The Morgan fingerprint density at radius 3 is 2.24 bits per heavy atom. The number of carbonyl (C=O) groups is 1. The van der Waals surface area contributed by atoms with Crippen LogP contribution in [-0.2, 0) is 4.79 Å². The number of hydrogen-bond acceptors (Lipinski definition) is 6. The first-order valence-corrected chi connectivity index (χ1v) is 10.2. The number of rotatable bonds is 7. The lowest BCUT2D eigenvalue weighted by Gasteiger charge is -2.20. The first-order valence-electron chi connectivity index (χ1n) is 10.2. The van der Waals surface area contributed by atoms with Crippen LogP contribution in [0.3, 0.4) is 0 Å². The van der Waals surface area contributed by atoms with Gasteiger partial charge >= 0.3 is 0 Å². The Morgan fingerprint density at radius 1 is 0.758 bits per heavy atom. The van der Waals surface area contributed by atoms with Gasteiger partial charge in [-0.25, -0.2) is 4.99 Å². The summed E-state index contributed by atoms with van der Waals surface area (Å²) >= 11 is 0. The molecule has 0 aliphatic carbocycles. The van der Waals surface area contributed by atoms with E-state index in [1.807, 2.05) is 48.5 Å². The largest absolute Gasteiger partial charge is 0.497 e. The van der Waals surface area contributed by atoms with E-state index in [9.17, 15) is 4.79 Å². The third-order valence-electron chi connectivity index (χ3n) is 5.24. The van der Waals surface area contributed by atoms with Crippen LogP contribution in [0.25, 0.3) is 6.08 Å². The lowest BCUT2D eigenvalue weighted by molar-refractivity contribution is -0.113. The molecular weight excluding hydrogens is 420 g/mol. The molecule has 0 bridgehead atoms. The number of ether oxygens (including phenoxy) is 4. The van der Waals surface area contributed by atoms with Crippen LogP contribution in [0.1, 0.15) is 11.1 Å². The number of amides is 1. The number of carbonyl (C=O) groups excluding carboxylic acids is 1. The molecule has 3 aromatic rings. The van der Waals surface area contributed by atoms with Gasteiger partial charge in [-0.2, -0.15) is 0 Å². The monoisotopic (exact) mass is 444 g/mol. The van der Waals surface area contributed by atoms with E-state index in [0.717, 1.165) is 11.1 Å². The highest BCUT2D eigenvalue weighted by Crippen LogP contribution is 2.35. The van der Waals surface area contributed by atoms with Gasteiger partial charge in [0.1, 0.15) is 23.0 Å². The van der Waals surface area contributed by atoms with Crippen molar-refractivity contribution < 1.29 is 23.7 Å². The number of aliphatic imine (C=N–C) groups is 1. The van der Waals surface area contributed by atoms with Crippen molar-refractivity contribution in [1.29, 1.82) is 0 Å². The van der Waals surface area contributed by atoms with E-state index in [1.54, 1.807) is 57.6 Å². The molecule has 4 rings (SSSR count). The number of methoxy groups -OCH3 is 4. The summed E-state index contributed by atoms with van der Waals surface area (Å²) in [6.07, 6.45) is 1.72. The smallest absolute Gasteiger partial charge is 0.282 e. The van der Waals surface area contributed by atoms with Crippen molar-refractivity contribution in [2.24, 2.45) is 4.99 Å². The van der Waals surface area contributed by atoms with E-state index in [0.29, 0.717) is 34.5 Å². The molecule has 1 aliphatic heterocycles. The molecule has 0 radical (unpaired) electrons. The molecule has 0 fully saturated rings. The molecule has 1 heterocycles. The van der Waals surface area contributed by atoms with Crippen LogP contribution < -0.4 is 23.8 Å². The molecular formula is C26H24N2O5. The van der Waals surface area contributed by atoms with Crippen LogP contribution in [-0.4, -0.2) is 40.2 Å². The fourth-order valence-electron chi connectivity index (χ4n) is 3.61. The summed E-state index contributed by atoms with van der Waals surface area (Å²) in [5.74, 6) is 2.60. The van der Waals surface area contributed by atoms with E-state index in [1.165, 1.54) is 0 Å². The van der Waals surface area contributed by atoms with Crippen LogP contribution in [0.5, 0.6) is 23.0 Å². The Kier molecular flexibility index (Phi) is 6.31. The van der Waals surface area contributed by atoms with Gasteiger partial charge in [0, 0.05) is 17.2 Å². The van der Waals surface area contributed by atoms with Gasteiger partial charge in [0.15, 0.2) is 11.5 Å². The van der Waals surface area contributed by atoms with Crippen molar-refractivity contribution in [2.45, 2.75) is 0 Å². The van der Waals surface area contributed by atoms with Crippen LogP contribution in [0, 0.1) is 0 Å². The Balaban J connectivity index is 1.86. The quantitative estimate of drug-likeness (QED) is 0.500. The summed E-state index contributed by atoms with van der Waals surface area (Å²) in [5, 5.41) is 0. The standard InChI is InChI=1S/C26H24N2O5/c1-30-20-10-7-9-18(14-20)25-27-21(15-17-8-5-6-11-22(17)31-2)26(29)28(25)19-12-13-23(32-3)24(16-19)33-4/h5-16H,1-4H3/b21-15-. The second-order valence-corrected chi connectivity index (χ2v) is 7.12. The van der Waals surface area contributed by atoms with Crippen LogP contribution in [0.2, 0.25) is 0 Å². The number of nitrogens with zero attached hydrogens (tertiary/aromatic N) is 2. The number of hydrogen-bond donors (Lipinski definition) is 0. The predicted octanol–water partition coefficient (Wildman–Crippen LogP) is 4.56. The van der Waals surface area contributed by atoms with E-state index < -0.39 is 0 Å². The van der Waals surface area contributed by atoms with E-state index in [4.69, 9.17) is 23.9 Å². The zero-order chi connectivity index (χ0) is 23.4. The average molecular weight is 444 g/mol. The van der Waals surface area contributed by atoms with Crippen LogP contribution in [0.4, 0.5) is 5.69 Å². The van der Waals surface area contributed by atoms with Gasteiger partial charge in [0.25, 0.3) is 5.91 Å². The fourth-order valence-corrected chi connectivity index (χ4v) is 3.61. The Labute approximate surface area is 192 Å². The van der Waals surface area contributed by atoms with Gasteiger partial charge in [-0.05, 0) is 36.4 Å². The van der Waals surface area contributed by atoms with Gasteiger partial charge in [0.2, 0.25) is 0 Å². The van der Waals surface area contributed by atoms with Crippen LogP contribution in [0.15, 0.2) is 77.4 Å². The Hall–Kier alpha value is -4.26.